The Kier molecular flexibility index (Phi) is 4.88. The average molecular weight is 312 g/mol. The standard InChI is InChI=1S/C18H20N2O3/c1-22-15-6-4-5-14(11-15)12-16-13-20(9-10-23-16)18(21)17-7-2-3-8-19-17/h2-8,11,16H,9-10,12-13H2,1H3. The fourth-order valence-electron chi connectivity index (χ4n) is 2.74. The number of ether oxygens (including phenoxy) is 2. The lowest BCUT2D eigenvalue weighted by atomic mass is 10.1. The van der Waals surface area contributed by atoms with Crippen molar-refractivity contribution in [3.05, 3.63) is 59.9 Å². The second kappa shape index (κ2) is 7.24. The molecule has 1 fully saturated rings. The van der Waals surface area contributed by atoms with Crippen LogP contribution in [-0.2, 0) is 11.2 Å². The fraction of sp³-hybridized carbons (Fsp3) is 0.333. The summed E-state index contributed by atoms with van der Waals surface area (Å²) in [5.74, 6) is 0.796. The van der Waals surface area contributed by atoms with Gasteiger partial charge in [-0.1, -0.05) is 18.2 Å². The highest BCUT2D eigenvalue weighted by Crippen LogP contribution is 2.17. The summed E-state index contributed by atoms with van der Waals surface area (Å²) < 4.78 is 11.1. The number of methoxy groups -OCH3 is 1. The molecule has 1 aliphatic rings. The molecule has 3 rings (SSSR count). The van der Waals surface area contributed by atoms with Crippen LogP contribution in [0.1, 0.15) is 16.1 Å². The summed E-state index contributed by atoms with van der Waals surface area (Å²) >= 11 is 0. The molecule has 0 N–H and O–H groups in total. The number of aromatic nitrogens is 1. The smallest absolute Gasteiger partial charge is 0.272 e. The van der Waals surface area contributed by atoms with Crippen LogP contribution in [0.25, 0.3) is 0 Å². The number of carbonyl (C=O) groups is 1. The topological polar surface area (TPSA) is 51.7 Å². The number of carbonyl (C=O) groups excluding carboxylic acids is 1. The van der Waals surface area contributed by atoms with Crippen molar-refractivity contribution in [2.24, 2.45) is 0 Å². The number of morpholine rings is 1. The Bertz CT molecular complexity index is 660. The zero-order valence-electron chi connectivity index (χ0n) is 13.1. The molecule has 1 aromatic carbocycles. The molecule has 0 radical (unpaired) electrons. The van der Waals surface area contributed by atoms with Gasteiger partial charge in [-0.2, -0.15) is 0 Å². The van der Waals surface area contributed by atoms with Gasteiger partial charge < -0.3 is 14.4 Å². The predicted molar refractivity (Wildman–Crippen MR) is 86.6 cm³/mol. The molecule has 120 valence electrons. The van der Waals surface area contributed by atoms with Crippen LogP contribution < -0.4 is 4.74 Å². The molecule has 0 spiro atoms. The monoisotopic (exact) mass is 312 g/mol. The Morgan fingerprint density at radius 1 is 1.35 bits per heavy atom. The van der Waals surface area contributed by atoms with Crippen molar-refractivity contribution in [1.82, 2.24) is 9.88 Å². The van der Waals surface area contributed by atoms with Crippen molar-refractivity contribution in [3.8, 4) is 5.75 Å². The lowest BCUT2D eigenvalue weighted by Crippen LogP contribution is -2.46. The molecule has 5 heteroatoms. The molecule has 1 aliphatic heterocycles. The van der Waals surface area contributed by atoms with E-state index in [9.17, 15) is 4.79 Å². The Hall–Kier alpha value is -2.40. The molecule has 1 aromatic heterocycles. The van der Waals surface area contributed by atoms with Crippen LogP contribution in [0.4, 0.5) is 0 Å². The third-order valence-corrected chi connectivity index (χ3v) is 3.91. The second-order valence-electron chi connectivity index (χ2n) is 5.51. The van der Waals surface area contributed by atoms with Crippen LogP contribution in [0, 0.1) is 0 Å². The van der Waals surface area contributed by atoms with E-state index in [0.717, 1.165) is 17.7 Å². The zero-order valence-corrected chi connectivity index (χ0v) is 13.1. The third kappa shape index (κ3) is 3.87. The maximum Gasteiger partial charge on any atom is 0.272 e. The summed E-state index contributed by atoms with van der Waals surface area (Å²) in [4.78, 5) is 18.4. The lowest BCUT2D eigenvalue weighted by molar-refractivity contribution is -0.0210. The largest absolute Gasteiger partial charge is 0.497 e. The van der Waals surface area contributed by atoms with Gasteiger partial charge in [0.2, 0.25) is 0 Å². The first-order valence-corrected chi connectivity index (χ1v) is 7.71. The highest BCUT2D eigenvalue weighted by atomic mass is 16.5. The predicted octanol–water partition coefficient (Wildman–Crippen LogP) is 2.17. The van der Waals surface area contributed by atoms with Crippen LogP contribution in [0.2, 0.25) is 0 Å². The van der Waals surface area contributed by atoms with E-state index in [2.05, 4.69) is 4.98 Å². The number of amides is 1. The zero-order chi connectivity index (χ0) is 16.1. The van der Waals surface area contributed by atoms with Gasteiger partial charge in [-0.15, -0.1) is 0 Å². The summed E-state index contributed by atoms with van der Waals surface area (Å²) in [6.45, 7) is 1.73. The van der Waals surface area contributed by atoms with E-state index >= 15 is 0 Å². The number of rotatable bonds is 4. The van der Waals surface area contributed by atoms with Gasteiger partial charge in [-0.25, -0.2) is 0 Å². The summed E-state index contributed by atoms with van der Waals surface area (Å²) in [6, 6.07) is 13.3. The minimum Gasteiger partial charge on any atom is -0.497 e. The molecule has 0 saturated carbocycles. The summed E-state index contributed by atoms with van der Waals surface area (Å²) in [5, 5.41) is 0. The van der Waals surface area contributed by atoms with E-state index in [1.54, 1.807) is 19.4 Å². The molecule has 0 aliphatic carbocycles. The van der Waals surface area contributed by atoms with E-state index < -0.39 is 0 Å². The minimum atomic E-state index is -0.0375. The highest BCUT2D eigenvalue weighted by molar-refractivity contribution is 5.92. The van der Waals surface area contributed by atoms with Crippen molar-refractivity contribution >= 4 is 5.91 Å². The van der Waals surface area contributed by atoms with Crippen LogP contribution in [0.15, 0.2) is 48.7 Å². The van der Waals surface area contributed by atoms with Gasteiger partial charge in [0.15, 0.2) is 0 Å². The molecule has 23 heavy (non-hydrogen) atoms. The quantitative estimate of drug-likeness (QED) is 0.868. The Morgan fingerprint density at radius 2 is 2.26 bits per heavy atom. The van der Waals surface area contributed by atoms with Crippen LogP contribution >= 0.6 is 0 Å². The van der Waals surface area contributed by atoms with E-state index in [0.29, 0.717) is 25.4 Å². The molecule has 1 atom stereocenters. The molecule has 1 amide bonds. The van der Waals surface area contributed by atoms with Gasteiger partial charge in [0.05, 0.1) is 19.8 Å². The van der Waals surface area contributed by atoms with E-state index in [1.807, 2.05) is 41.3 Å². The van der Waals surface area contributed by atoms with Crippen LogP contribution in [-0.4, -0.2) is 48.7 Å². The Labute approximate surface area is 135 Å². The first-order valence-electron chi connectivity index (χ1n) is 7.71. The van der Waals surface area contributed by atoms with Crippen molar-refractivity contribution in [2.75, 3.05) is 26.8 Å². The summed E-state index contributed by atoms with van der Waals surface area (Å²) in [5.41, 5.74) is 1.62. The molecular weight excluding hydrogens is 292 g/mol. The van der Waals surface area contributed by atoms with Crippen molar-refractivity contribution in [1.29, 1.82) is 0 Å². The molecule has 2 heterocycles. The van der Waals surface area contributed by atoms with Crippen molar-refractivity contribution in [2.45, 2.75) is 12.5 Å². The lowest BCUT2D eigenvalue weighted by Gasteiger charge is -2.33. The van der Waals surface area contributed by atoms with Crippen LogP contribution in [0.3, 0.4) is 0 Å². The molecule has 2 aromatic rings. The molecule has 0 bridgehead atoms. The van der Waals surface area contributed by atoms with Crippen molar-refractivity contribution < 1.29 is 14.3 Å². The van der Waals surface area contributed by atoms with Crippen LogP contribution in [0.5, 0.6) is 5.75 Å². The SMILES string of the molecule is COc1cccc(CC2CN(C(=O)c3ccccn3)CCO2)c1. The average Bonchev–Trinajstić information content (AvgIpc) is 2.62. The maximum atomic E-state index is 12.5. The minimum absolute atomic E-state index is 0.0106. The first-order chi connectivity index (χ1) is 11.3. The van der Waals surface area contributed by atoms with Gasteiger partial charge in [0.25, 0.3) is 5.91 Å². The van der Waals surface area contributed by atoms with Gasteiger partial charge in [-0.3, -0.25) is 9.78 Å². The number of hydrogen-bond donors (Lipinski definition) is 0. The fourth-order valence-corrected chi connectivity index (χ4v) is 2.74. The molecule has 5 nitrogen and oxygen atoms in total. The Balaban J connectivity index is 1.65. The third-order valence-electron chi connectivity index (χ3n) is 3.91. The number of pyridine rings is 1. The molecule has 1 saturated heterocycles. The van der Waals surface area contributed by atoms with Gasteiger partial charge in [0.1, 0.15) is 11.4 Å². The normalized spacial score (nSPS) is 17.8. The van der Waals surface area contributed by atoms with E-state index in [4.69, 9.17) is 9.47 Å². The molecule has 1 unspecified atom stereocenters. The Morgan fingerprint density at radius 3 is 3.04 bits per heavy atom. The maximum absolute atomic E-state index is 12.5. The van der Waals surface area contributed by atoms with E-state index in [-0.39, 0.29) is 12.0 Å². The second-order valence-corrected chi connectivity index (χ2v) is 5.51. The molecular formula is C18H20N2O3. The van der Waals surface area contributed by atoms with Crippen molar-refractivity contribution in [3.63, 3.8) is 0 Å². The summed E-state index contributed by atoms with van der Waals surface area (Å²) in [6.07, 6.45) is 2.38. The first kappa shape index (κ1) is 15.5. The summed E-state index contributed by atoms with van der Waals surface area (Å²) in [7, 11) is 1.66. The highest BCUT2D eigenvalue weighted by Gasteiger charge is 2.25. The van der Waals surface area contributed by atoms with Gasteiger partial charge in [0, 0.05) is 25.7 Å². The van der Waals surface area contributed by atoms with Gasteiger partial charge >= 0.3 is 0 Å². The van der Waals surface area contributed by atoms with Gasteiger partial charge in [-0.05, 0) is 29.8 Å². The number of nitrogens with zero attached hydrogens (tertiary/aromatic N) is 2. The number of hydrogen-bond acceptors (Lipinski definition) is 4. The van der Waals surface area contributed by atoms with E-state index in [1.165, 1.54) is 0 Å². The number of benzene rings is 1.